The third-order valence-electron chi connectivity index (χ3n) is 4.70. The lowest BCUT2D eigenvalue weighted by atomic mass is 9.75. The fourth-order valence-corrected chi connectivity index (χ4v) is 3.66. The number of carbonyl (C=O) groups is 3. The van der Waals surface area contributed by atoms with Gasteiger partial charge in [-0.25, -0.2) is 10.2 Å². The number of hydrogen-bond acceptors (Lipinski definition) is 5. The largest absolute Gasteiger partial charge is 0.455 e. The highest BCUT2D eigenvalue weighted by atomic mass is 79.9. The van der Waals surface area contributed by atoms with Gasteiger partial charge >= 0.3 is 11.9 Å². The number of hydrazine groups is 1. The average Bonchev–Trinajstić information content (AvgIpc) is 2.99. The molecule has 0 spiro atoms. The summed E-state index contributed by atoms with van der Waals surface area (Å²) in [5.41, 5.74) is 14.2. The minimum atomic E-state index is -0.776. The van der Waals surface area contributed by atoms with E-state index in [2.05, 4.69) is 37.3 Å². The van der Waals surface area contributed by atoms with Gasteiger partial charge in [-0.1, -0.05) is 29.8 Å². The summed E-state index contributed by atoms with van der Waals surface area (Å²) in [7, 11) is 0. The van der Waals surface area contributed by atoms with Gasteiger partial charge in [-0.15, -0.1) is 0 Å². The Bertz CT molecular complexity index is 1040. The number of nitrogens with one attached hydrogen (secondary N) is 3. The van der Waals surface area contributed by atoms with Crippen LogP contribution in [0.2, 0.25) is 0 Å². The van der Waals surface area contributed by atoms with Crippen LogP contribution in [-0.2, 0) is 6.42 Å². The minimum absolute atomic E-state index is 0.0700. The highest BCUT2D eigenvalue weighted by molar-refractivity contribution is 9.10. The molecule has 1 heterocycles. The number of hydrogen-bond donors (Lipinski definition) is 4. The molecule has 0 radical (unpaired) electrons. The molecule has 1 aromatic carbocycles. The van der Waals surface area contributed by atoms with E-state index in [0.29, 0.717) is 41.0 Å². The maximum atomic E-state index is 12.7. The number of halogens is 1. The summed E-state index contributed by atoms with van der Waals surface area (Å²) in [4.78, 5) is 35.9. The molecule has 0 fully saturated rings. The van der Waals surface area contributed by atoms with Crippen LogP contribution in [0.15, 0.2) is 38.3 Å². The summed E-state index contributed by atoms with van der Waals surface area (Å²) in [6.07, 6.45) is 1.17. The van der Waals surface area contributed by atoms with E-state index in [4.69, 9.17) is 10.2 Å². The van der Waals surface area contributed by atoms with Crippen molar-refractivity contribution in [1.82, 2.24) is 16.3 Å². The van der Waals surface area contributed by atoms with Crippen molar-refractivity contribution >= 4 is 39.5 Å². The molecule has 1 aromatic heterocycles. The topological polar surface area (TPSA) is 139 Å². The van der Waals surface area contributed by atoms with Crippen LogP contribution in [0.1, 0.15) is 58.1 Å². The second kappa shape index (κ2) is 8.31. The molecule has 10 heteroatoms. The van der Waals surface area contributed by atoms with Crippen LogP contribution < -0.4 is 22.0 Å². The molecule has 0 bridgehead atoms. The fourth-order valence-electron chi connectivity index (χ4n) is 3.39. The Kier molecular flexibility index (Phi) is 5.97. The molecule has 0 unspecified atom stereocenters. The molecule has 0 aliphatic heterocycles. The van der Waals surface area contributed by atoms with Crippen molar-refractivity contribution in [2.75, 3.05) is 0 Å². The van der Waals surface area contributed by atoms with Crippen molar-refractivity contribution in [3.05, 3.63) is 56.9 Å². The quantitative estimate of drug-likeness (QED) is 0.506. The number of hydrazone groups is 1. The van der Waals surface area contributed by atoms with E-state index in [1.807, 2.05) is 13.8 Å². The summed E-state index contributed by atoms with van der Waals surface area (Å²) in [5.74, 6) is -0.384. The van der Waals surface area contributed by atoms with Crippen molar-refractivity contribution in [2.24, 2.45) is 16.3 Å². The zero-order valence-electron chi connectivity index (χ0n) is 16.8. The Balaban J connectivity index is 1.81. The van der Waals surface area contributed by atoms with Crippen LogP contribution in [0.4, 0.5) is 4.79 Å². The van der Waals surface area contributed by atoms with Gasteiger partial charge in [-0.2, -0.15) is 5.10 Å². The fraction of sp³-hybridized carbons (Fsp3) is 0.300. The second-order valence-corrected chi connectivity index (χ2v) is 8.74. The molecular formula is C20H22BrN5O4. The molecule has 2 aromatic rings. The number of fused-ring (bicyclic) bond motifs is 1. The number of amides is 4. The van der Waals surface area contributed by atoms with Gasteiger partial charge in [-0.3, -0.25) is 20.4 Å². The first-order chi connectivity index (χ1) is 14.1. The van der Waals surface area contributed by atoms with Gasteiger partial charge in [0, 0.05) is 27.6 Å². The van der Waals surface area contributed by atoms with Crippen LogP contribution in [0, 0.1) is 12.3 Å². The van der Waals surface area contributed by atoms with Crippen molar-refractivity contribution in [3.8, 4) is 0 Å². The van der Waals surface area contributed by atoms with Gasteiger partial charge in [0.1, 0.15) is 5.76 Å². The van der Waals surface area contributed by atoms with Crippen LogP contribution in [0.25, 0.3) is 0 Å². The van der Waals surface area contributed by atoms with E-state index in [0.717, 1.165) is 4.47 Å². The molecule has 3 rings (SSSR count). The van der Waals surface area contributed by atoms with Gasteiger partial charge in [0.15, 0.2) is 5.76 Å². The van der Waals surface area contributed by atoms with Gasteiger partial charge in [-0.05, 0) is 43.0 Å². The monoisotopic (exact) mass is 475 g/mol. The van der Waals surface area contributed by atoms with Crippen molar-refractivity contribution < 1.29 is 18.8 Å². The summed E-state index contributed by atoms with van der Waals surface area (Å²) < 4.78 is 6.67. The van der Waals surface area contributed by atoms with E-state index in [1.165, 1.54) is 0 Å². The predicted molar refractivity (Wildman–Crippen MR) is 114 cm³/mol. The molecule has 0 saturated heterocycles. The maximum Gasteiger partial charge on any atom is 0.332 e. The number of rotatable bonds is 3. The van der Waals surface area contributed by atoms with E-state index in [-0.39, 0.29) is 11.2 Å². The van der Waals surface area contributed by atoms with E-state index < -0.39 is 17.8 Å². The number of urea groups is 1. The Hall–Kier alpha value is -3.14. The number of carbonyl (C=O) groups excluding carboxylic acids is 3. The van der Waals surface area contributed by atoms with Gasteiger partial charge in [0.25, 0.3) is 5.91 Å². The predicted octanol–water partition coefficient (Wildman–Crippen LogP) is 2.77. The lowest BCUT2D eigenvalue weighted by Crippen LogP contribution is -2.41. The molecular weight excluding hydrogens is 454 g/mol. The summed E-state index contributed by atoms with van der Waals surface area (Å²) >= 11 is 3.30. The smallest absolute Gasteiger partial charge is 0.332 e. The minimum Gasteiger partial charge on any atom is -0.455 e. The van der Waals surface area contributed by atoms with Gasteiger partial charge in [0.2, 0.25) is 0 Å². The summed E-state index contributed by atoms with van der Waals surface area (Å²) in [5, 5.41) is 4.10. The van der Waals surface area contributed by atoms with Crippen molar-refractivity contribution in [1.29, 1.82) is 0 Å². The second-order valence-electron chi connectivity index (χ2n) is 7.82. The third-order valence-corrected chi connectivity index (χ3v) is 5.23. The summed E-state index contributed by atoms with van der Waals surface area (Å²) in [6, 6.07) is 5.93. The maximum absolute atomic E-state index is 12.7. The molecule has 30 heavy (non-hydrogen) atoms. The lowest BCUT2D eigenvalue weighted by molar-refractivity contribution is 0.0828. The number of furan rings is 1. The first-order valence-corrected chi connectivity index (χ1v) is 9.97. The Morgan fingerprint density at radius 3 is 2.37 bits per heavy atom. The molecule has 1 aliphatic rings. The first-order valence-electron chi connectivity index (χ1n) is 9.18. The van der Waals surface area contributed by atoms with Crippen LogP contribution >= 0.6 is 15.9 Å². The molecule has 5 N–H and O–H groups in total. The molecule has 1 aliphatic carbocycles. The molecule has 0 atom stereocenters. The number of nitrogens with zero attached hydrogens (tertiary/aromatic N) is 1. The van der Waals surface area contributed by atoms with E-state index >= 15 is 0 Å². The first kappa shape index (κ1) is 21.6. The van der Waals surface area contributed by atoms with Crippen molar-refractivity contribution in [3.63, 3.8) is 0 Å². The number of benzene rings is 1. The highest BCUT2D eigenvalue weighted by Gasteiger charge is 2.36. The van der Waals surface area contributed by atoms with Gasteiger partial charge < -0.3 is 10.2 Å². The standard InChI is InChI=1S/C20H22BrN5O4/c1-10-15-13(23-26-19(22)29)8-20(2,3)9-14(15)30-16(10)18(28)25-24-17(27)11-4-6-12(21)7-5-11/h4-7H,8-9H2,1-3H3,(H,24,27)(H,25,28)(H3,22,26,29)/b23-13-. The molecule has 158 valence electrons. The Morgan fingerprint density at radius 1 is 1.10 bits per heavy atom. The molecule has 0 saturated carbocycles. The lowest BCUT2D eigenvalue weighted by Gasteiger charge is -2.29. The van der Waals surface area contributed by atoms with E-state index in [1.54, 1.807) is 31.2 Å². The Labute approximate surface area is 181 Å². The zero-order valence-corrected chi connectivity index (χ0v) is 18.3. The summed E-state index contributed by atoms with van der Waals surface area (Å²) in [6.45, 7) is 5.80. The third kappa shape index (κ3) is 4.70. The van der Waals surface area contributed by atoms with Crippen LogP contribution in [-0.4, -0.2) is 23.6 Å². The van der Waals surface area contributed by atoms with Crippen molar-refractivity contribution in [2.45, 2.75) is 33.6 Å². The molecule has 4 amide bonds. The number of nitrogens with two attached hydrogens (primary N) is 1. The highest BCUT2D eigenvalue weighted by Crippen LogP contribution is 2.38. The van der Waals surface area contributed by atoms with Crippen LogP contribution in [0.5, 0.6) is 0 Å². The average molecular weight is 476 g/mol. The van der Waals surface area contributed by atoms with E-state index in [9.17, 15) is 14.4 Å². The normalized spacial score (nSPS) is 15.9. The number of primary amides is 1. The zero-order chi connectivity index (χ0) is 22.1. The SMILES string of the molecule is Cc1c(C(=O)NNC(=O)c2ccc(Br)cc2)oc2c1/C(=N\NC(N)=O)CC(C)(C)C2. The van der Waals surface area contributed by atoms with Gasteiger partial charge in [0.05, 0.1) is 5.71 Å². The Morgan fingerprint density at radius 2 is 1.73 bits per heavy atom. The molecule has 9 nitrogen and oxygen atoms in total. The van der Waals surface area contributed by atoms with Crippen LogP contribution in [0.3, 0.4) is 0 Å².